The highest BCUT2D eigenvalue weighted by Crippen LogP contribution is 2.11. The van der Waals surface area contributed by atoms with Crippen LogP contribution in [0.15, 0.2) is 30.3 Å². The number of nitrogens with two attached hydrogens (primary N) is 1. The van der Waals surface area contributed by atoms with Gasteiger partial charge in [-0.3, -0.25) is 4.79 Å². The third kappa shape index (κ3) is 6.29. The molecule has 1 fully saturated rings. The van der Waals surface area contributed by atoms with E-state index >= 15 is 0 Å². The molecule has 0 saturated carbocycles. The summed E-state index contributed by atoms with van der Waals surface area (Å²) < 4.78 is 5.08. The molecule has 0 bridgehead atoms. The van der Waals surface area contributed by atoms with Gasteiger partial charge in [-0.1, -0.05) is 30.3 Å². The van der Waals surface area contributed by atoms with Crippen molar-refractivity contribution in [2.45, 2.75) is 37.8 Å². The van der Waals surface area contributed by atoms with Crippen LogP contribution in [0, 0.1) is 0 Å². The van der Waals surface area contributed by atoms with E-state index in [1.165, 1.54) is 0 Å². The highest BCUT2D eigenvalue weighted by Gasteiger charge is 2.22. The maximum Gasteiger partial charge on any atom is 0.237 e. The highest BCUT2D eigenvalue weighted by molar-refractivity contribution is 5.82. The summed E-state index contributed by atoms with van der Waals surface area (Å²) in [5, 5.41) is 3.11. The number of carbonyl (C=O) groups excluding carboxylic acids is 1. The van der Waals surface area contributed by atoms with Gasteiger partial charge in [0.15, 0.2) is 0 Å². The Kier molecular flexibility index (Phi) is 7.52. The molecule has 1 saturated heterocycles. The summed E-state index contributed by atoms with van der Waals surface area (Å²) in [6.07, 6.45) is 3.64. The van der Waals surface area contributed by atoms with Crippen molar-refractivity contribution < 1.29 is 9.53 Å². The summed E-state index contributed by atoms with van der Waals surface area (Å²) in [6, 6.07) is 9.70. The highest BCUT2D eigenvalue weighted by atomic mass is 16.5. The Labute approximate surface area is 139 Å². The number of nitrogens with zero attached hydrogens (tertiary/aromatic N) is 1. The minimum atomic E-state index is -0.475. The first-order valence-corrected chi connectivity index (χ1v) is 8.50. The van der Waals surface area contributed by atoms with Crippen molar-refractivity contribution in [3.8, 4) is 0 Å². The summed E-state index contributed by atoms with van der Waals surface area (Å²) in [4.78, 5) is 14.7. The number of likely N-dealkylation sites (tertiary alicyclic amines) is 1. The largest absolute Gasteiger partial charge is 0.385 e. The van der Waals surface area contributed by atoms with Crippen LogP contribution < -0.4 is 11.1 Å². The molecule has 1 aliphatic rings. The van der Waals surface area contributed by atoms with Crippen LogP contribution in [0.1, 0.15) is 24.8 Å². The fourth-order valence-corrected chi connectivity index (χ4v) is 3.00. The molecule has 23 heavy (non-hydrogen) atoms. The summed E-state index contributed by atoms with van der Waals surface area (Å²) in [7, 11) is 1.74. The lowest BCUT2D eigenvalue weighted by Crippen LogP contribution is -2.50. The Balaban J connectivity index is 1.68. The molecule has 1 amide bonds. The zero-order chi connectivity index (χ0) is 16.5. The van der Waals surface area contributed by atoms with E-state index in [0.29, 0.717) is 6.42 Å². The number of amides is 1. The molecule has 0 radical (unpaired) electrons. The zero-order valence-electron chi connectivity index (χ0n) is 14.0. The lowest BCUT2D eigenvalue weighted by molar-refractivity contribution is -0.123. The van der Waals surface area contributed by atoms with E-state index < -0.39 is 6.04 Å². The number of hydrogen-bond donors (Lipinski definition) is 2. The van der Waals surface area contributed by atoms with Gasteiger partial charge in [-0.05, 0) is 31.2 Å². The van der Waals surface area contributed by atoms with E-state index in [9.17, 15) is 4.79 Å². The second-order valence-corrected chi connectivity index (χ2v) is 6.27. The van der Waals surface area contributed by atoms with Crippen LogP contribution in [-0.4, -0.2) is 56.2 Å². The molecule has 1 atom stereocenters. The zero-order valence-corrected chi connectivity index (χ0v) is 14.0. The van der Waals surface area contributed by atoms with Crippen LogP contribution in [0.5, 0.6) is 0 Å². The summed E-state index contributed by atoms with van der Waals surface area (Å²) in [5.74, 6) is -0.0355. The average molecular weight is 319 g/mol. The van der Waals surface area contributed by atoms with Gasteiger partial charge in [0.05, 0.1) is 6.04 Å². The summed E-state index contributed by atoms with van der Waals surface area (Å²) >= 11 is 0. The quantitative estimate of drug-likeness (QED) is 0.706. The smallest absolute Gasteiger partial charge is 0.237 e. The Morgan fingerprint density at radius 2 is 2.04 bits per heavy atom. The molecular weight excluding hydrogens is 290 g/mol. The molecule has 1 aromatic carbocycles. The topological polar surface area (TPSA) is 67.6 Å². The van der Waals surface area contributed by atoms with Gasteiger partial charge in [0.2, 0.25) is 5.91 Å². The van der Waals surface area contributed by atoms with Crippen molar-refractivity contribution in [1.82, 2.24) is 10.2 Å². The third-order valence-corrected chi connectivity index (χ3v) is 4.39. The number of benzene rings is 1. The van der Waals surface area contributed by atoms with Gasteiger partial charge in [0.25, 0.3) is 0 Å². The maximum absolute atomic E-state index is 12.2. The second-order valence-electron chi connectivity index (χ2n) is 6.27. The number of carbonyl (C=O) groups is 1. The van der Waals surface area contributed by atoms with E-state index in [0.717, 1.165) is 51.1 Å². The van der Waals surface area contributed by atoms with Gasteiger partial charge in [0, 0.05) is 39.4 Å². The molecule has 128 valence electrons. The van der Waals surface area contributed by atoms with Crippen molar-refractivity contribution in [3.05, 3.63) is 35.9 Å². The van der Waals surface area contributed by atoms with Crippen molar-refractivity contribution in [2.75, 3.05) is 33.4 Å². The molecule has 1 unspecified atom stereocenters. The normalized spacial score (nSPS) is 17.8. The molecular formula is C18H29N3O2. The van der Waals surface area contributed by atoms with Gasteiger partial charge in [-0.2, -0.15) is 0 Å². The van der Waals surface area contributed by atoms with Gasteiger partial charge in [0.1, 0.15) is 0 Å². The van der Waals surface area contributed by atoms with Crippen molar-refractivity contribution in [1.29, 1.82) is 0 Å². The molecule has 1 heterocycles. The minimum Gasteiger partial charge on any atom is -0.385 e. The molecule has 2 rings (SSSR count). The lowest BCUT2D eigenvalue weighted by Gasteiger charge is -2.32. The standard InChI is InChI=1S/C18H29N3O2/c1-23-13-5-10-21-11-8-16(9-12-21)20-18(22)17(19)14-15-6-3-2-4-7-15/h2-4,6-7,16-17H,5,8-14,19H2,1H3,(H,20,22). The van der Waals surface area contributed by atoms with Crippen LogP contribution in [0.3, 0.4) is 0 Å². The van der Waals surface area contributed by atoms with Crippen LogP contribution >= 0.6 is 0 Å². The van der Waals surface area contributed by atoms with Gasteiger partial charge in [-0.25, -0.2) is 0 Å². The molecule has 5 heteroatoms. The maximum atomic E-state index is 12.2. The number of hydrogen-bond acceptors (Lipinski definition) is 4. The molecule has 1 aromatic rings. The first-order chi connectivity index (χ1) is 11.2. The lowest BCUT2D eigenvalue weighted by atomic mass is 10.0. The fourth-order valence-electron chi connectivity index (χ4n) is 3.00. The Morgan fingerprint density at radius 1 is 1.35 bits per heavy atom. The molecule has 3 N–H and O–H groups in total. The van der Waals surface area contributed by atoms with E-state index in [2.05, 4.69) is 10.2 Å². The van der Waals surface area contributed by atoms with Gasteiger partial charge < -0.3 is 20.7 Å². The first kappa shape index (κ1) is 17.9. The Morgan fingerprint density at radius 3 is 2.70 bits per heavy atom. The predicted octanol–water partition coefficient (Wildman–Crippen LogP) is 1.17. The van der Waals surface area contributed by atoms with Crippen LogP contribution in [0.4, 0.5) is 0 Å². The number of methoxy groups -OCH3 is 1. The predicted molar refractivity (Wildman–Crippen MR) is 92.2 cm³/mol. The fraction of sp³-hybridized carbons (Fsp3) is 0.611. The first-order valence-electron chi connectivity index (χ1n) is 8.50. The molecule has 1 aliphatic heterocycles. The number of nitrogens with one attached hydrogen (secondary N) is 1. The van der Waals surface area contributed by atoms with Crippen LogP contribution in [-0.2, 0) is 16.0 Å². The summed E-state index contributed by atoms with van der Waals surface area (Å²) in [6.45, 7) is 3.94. The van der Waals surface area contributed by atoms with Crippen LogP contribution in [0.25, 0.3) is 0 Å². The van der Waals surface area contributed by atoms with Crippen molar-refractivity contribution in [2.24, 2.45) is 5.73 Å². The third-order valence-electron chi connectivity index (χ3n) is 4.39. The monoisotopic (exact) mass is 319 g/mol. The van der Waals surface area contributed by atoms with E-state index in [4.69, 9.17) is 10.5 Å². The van der Waals surface area contributed by atoms with E-state index in [1.54, 1.807) is 7.11 Å². The SMILES string of the molecule is COCCCN1CCC(NC(=O)C(N)Cc2ccccc2)CC1. The number of ether oxygens (including phenoxy) is 1. The van der Waals surface area contributed by atoms with E-state index in [1.807, 2.05) is 30.3 Å². The van der Waals surface area contributed by atoms with Crippen molar-refractivity contribution in [3.63, 3.8) is 0 Å². The Hall–Kier alpha value is -1.43. The summed E-state index contributed by atoms with van der Waals surface area (Å²) in [5.41, 5.74) is 7.14. The molecule has 5 nitrogen and oxygen atoms in total. The average Bonchev–Trinajstić information content (AvgIpc) is 2.57. The minimum absolute atomic E-state index is 0.0355. The van der Waals surface area contributed by atoms with Gasteiger partial charge >= 0.3 is 0 Å². The molecule has 0 aliphatic carbocycles. The van der Waals surface area contributed by atoms with Gasteiger partial charge in [-0.15, -0.1) is 0 Å². The molecule has 0 spiro atoms. The number of piperidine rings is 1. The second kappa shape index (κ2) is 9.65. The van der Waals surface area contributed by atoms with E-state index in [-0.39, 0.29) is 11.9 Å². The van der Waals surface area contributed by atoms with Crippen LogP contribution in [0.2, 0.25) is 0 Å². The number of rotatable bonds is 8. The Bertz CT molecular complexity index is 459. The van der Waals surface area contributed by atoms with Crippen molar-refractivity contribution >= 4 is 5.91 Å². The molecule has 0 aromatic heterocycles.